The summed E-state index contributed by atoms with van der Waals surface area (Å²) >= 11 is 5.93. The number of benzene rings is 2. The van der Waals surface area contributed by atoms with Crippen LogP contribution in [0.1, 0.15) is 48.3 Å². The summed E-state index contributed by atoms with van der Waals surface area (Å²) in [5, 5.41) is 11.2. The maximum atomic E-state index is 13.2. The summed E-state index contributed by atoms with van der Waals surface area (Å²) in [6.45, 7) is 7.11. The Morgan fingerprint density at radius 1 is 1.07 bits per heavy atom. The number of carbonyl (C=O) groups is 2. The number of hydrogen-bond donors (Lipinski definition) is 1. The minimum absolute atomic E-state index is 0.0641. The van der Waals surface area contributed by atoms with E-state index in [0.29, 0.717) is 32.7 Å². The number of fused-ring (bicyclic) bond motifs is 1. The zero-order chi connectivity index (χ0) is 20.6. The molecule has 0 aliphatic heterocycles. The highest BCUT2D eigenvalue weighted by Gasteiger charge is 2.28. The SMILES string of the molecule is Cc1c([C@H](C)C(=O)OC(C)C)c2cc(O)ccc2n1C(=O)c1ccc(Cl)cc1. The molecule has 6 heteroatoms. The molecule has 0 bridgehead atoms. The Morgan fingerprint density at radius 3 is 2.32 bits per heavy atom. The first kappa shape index (κ1) is 20.0. The van der Waals surface area contributed by atoms with Gasteiger partial charge in [0.25, 0.3) is 5.91 Å². The standard InChI is InChI=1S/C22H22ClNO4/c1-12(2)28-22(27)13(3)20-14(4)24(19-10-9-17(25)11-18(19)20)21(26)15-5-7-16(23)8-6-15/h5-13,25H,1-4H3/t13-/m0/s1. The highest BCUT2D eigenvalue weighted by atomic mass is 35.5. The van der Waals surface area contributed by atoms with Crippen LogP contribution in [0.15, 0.2) is 42.5 Å². The van der Waals surface area contributed by atoms with E-state index in [1.54, 1.807) is 68.7 Å². The van der Waals surface area contributed by atoms with E-state index in [4.69, 9.17) is 16.3 Å². The molecule has 146 valence electrons. The van der Waals surface area contributed by atoms with Crippen LogP contribution in [-0.4, -0.2) is 27.7 Å². The molecular formula is C22H22ClNO4. The maximum Gasteiger partial charge on any atom is 0.313 e. The normalized spacial score (nSPS) is 12.4. The number of halogens is 1. The van der Waals surface area contributed by atoms with Gasteiger partial charge in [-0.2, -0.15) is 0 Å². The summed E-state index contributed by atoms with van der Waals surface area (Å²) < 4.78 is 6.92. The molecule has 0 aliphatic carbocycles. The topological polar surface area (TPSA) is 68.5 Å². The fraction of sp³-hybridized carbons (Fsp3) is 0.273. The van der Waals surface area contributed by atoms with E-state index >= 15 is 0 Å². The smallest absolute Gasteiger partial charge is 0.313 e. The molecule has 0 amide bonds. The molecule has 1 atom stereocenters. The Labute approximate surface area is 168 Å². The van der Waals surface area contributed by atoms with Crippen LogP contribution in [0, 0.1) is 6.92 Å². The first-order chi connectivity index (χ1) is 13.2. The molecule has 0 radical (unpaired) electrons. The lowest BCUT2D eigenvalue weighted by Crippen LogP contribution is -2.19. The zero-order valence-corrected chi connectivity index (χ0v) is 16.9. The van der Waals surface area contributed by atoms with Crippen molar-refractivity contribution in [3.05, 3.63) is 64.3 Å². The van der Waals surface area contributed by atoms with Gasteiger partial charge in [-0.1, -0.05) is 11.6 Å². The van der Waals surface area contributed by atoms with Crippen molar-refractivity contribution in [1.29, 1.82) is 0 Å². The van der Waals surface area contributed by atoms with Crippen LogP contribution in [0.2, 0.25) is 5.02 Å². The van der Waals surface area contributed by atoms with Crippen molar-refractivity contribution in [1.82, 2.24) is 4.57 Å². The lowest BCUT2D eigenvalue weighted by Gasteiger charge is -2.15. The van der Waals surface area contributed by atoms with Crippen molar-refractivity contribution in [2.24, 2.45) is 0 Å². The van der Waals surface area contributed by atoms with Gasteiger partial charge in [0.15, 0.2) is 0 Å². The van der Waals surface area contributed by atoms with Gasteiger partial charge in [-0.3, -0.25) is 14.2 Å². The first-order valence-electron chi connectivity index (χ1n) is 9.05. The molecule has 0 aliphatic rings. The lowest BCUT2D eigenvalue weighted by molar-refractivity contribution is -0.148. The molecule has 0 unspecified atom stereocenters. The Hall–Kier alpha value is -2.79. The maximum absolute atomic E-state index is 13.2. The number of phenolic OH excluding ortho intramolecular Hbond substituents is 1. The summed E-state index contributed by atoms with van der Waals surface area (Å²) in [7, 11) is 0. The van der Waals surface area contributed by atoms with Gasteiger partial charge < -0.3 is 9.84 Å². The van der Waals surface area contributed by atoms with E-state index in [-0.39, 0.29) is 23.7 Å². The van der Waals surface area contributed by atoms with E-state index in [2.05, 4.69) is 0 Å². The van der Waals surface area contributed by atoms with Gasteiger partial charge in [-0.15, -0.1) is 0 Å². The van der Waals surface area contributed by atoms with Crippen LogP contribution >= 0.6 is 11.6 Å². The van der Waals surface area contributed by atoms with Gasteiger partial charge in [-0.05, 0) is 75.7 Å². The Balaban J connectivity index is 2.19. The predicted octanol–water partition coefficient (Wildman–Crippen LogP) is 5.05. The predicted molar refractivity (Wildman–Crippen MR) is 109 cm³/mol. The van der Waals surface area contributed by atoms with Crippen molar-refractivity contribution >= 4 is 34.4 Å². The monoisotopic (exact) mass is 399 g/mol. The lowest BCUT2D eigenvalue weighted by atomic mass is 9.98. The first-order valence-corrected chi connectivity index (χ1v) is 9.43. The van der Waals surface area contributed by atoms with Gasteiger partial charge in [0.05, 0.1) is 17.5 Å². The largest absolute Gasteiger partial charge is 0.508 e. The zero-order valence-electron chi connectivity index (χ0n) is 16.2. The fourth-order valence-corrected chi connectivity index (χ4v) is 3.54. The number of esters is 1. The van der Waals surface area contributed by atoms with Gasteiger partial charge in [-0.25, -0.2) is 0 Å². The third-order valence-corrected chi connectivity index (χ3v) is 4.92. The molecule has 3 rings (SSSR count). The Bertz CT molecular complexity index is 1050. The molecule has 28 heavy (non-hydrogen) atoms. The third-order valence-electron chi connectivity index (χ3n) is 4.67. The minimum Gasteiger partial charge on any atom is -0.508 e. The van der Waals surface area contributed by atoms with Crippen molar-refractivity contribution in [3.63, 3.8) is 0 Å². The second kappa shape index (κ2) is 7.68. The van der Waals surface area contributed by atoms with Crippen LogP contribution in [0.4, 0.5) is 0 Å². The van der Waals surface area contributed by atoms with E-state index in [1.165, 1.54) is 6.07 Å². The number of rotatable bonds is 4. The van der Waals surface area contributed by atoms with Crippen molar-refractivity contribution in [2.75, 3.05) is 0 Å². The molecule has 5 nitrogen and oxygen atoms in total. The van der Waals surface area contributed by atoms with E-state index < -0.39 is 5.92 Å². The molecule has 0 saturated heterocycles. The number of nitrogens with zero attached hydrogens (tertiary/aromatic N) is 1. The van der Waals surface area contributed by atoms with Gasteiger partial charge in [0.2, 0.25) is 0 Å². The Morgan fingerprint density at radius 2 is 1.71 bits per heavy atom. The van der Waals surface area contributed by atoms with Crippen molar-refractivity contribution in [2.45, 2.75) is 39.7 Å². The molecule has 1 N–H and O–H groups in total. The summed E-state index contributed by atoms with van der Waals surface area (Å²) in [6, 6.07) is 11.4. The molecule has 1 aromatic heterocycles. The summed E-state index contributed by atoms with van der Waals surface area (Å²) in [6.07, 6.45) is -0.243. The second-order valence-corrected chi connectivity index (χ2v) is 7.49. The number of aromatic hydroxyl groups is 1. The Kier molecular flexibility index (Phi) is 5.47. The molecule has 1 heterocycles. The highest BCUT2D eigenvalue weighted by Crippen LogP contribution is 2.35. The van der Waals surface area contributed by atoms with Crippen LogP contribution in [0.3, 0.4) is 0 Å². The molecule has 3 aromatic rings. The number of phenols is 1. The summed E-state index contributed by atoms with van der Waals surface area (Å²) in [5.74, 6) is -1.14. The summed E-state index contributed by atoms with van der Waals surface area (Å²) in [5.41, 5.74) is 2.39. The molecule has 0 spiro atoms. The second-order valence-electron chi connectivity index (χ2n) is 7.06. The van der Waals surface area contributed by atoms with Crippen LogP contribution < -0.4 is 0 Å². The third kappa shape index (κ3) is 3.62. The molecule has 0 saturated carbocycles. The highest BCUT2D eigenvalue weighted by molar-refractivity contribution is 6.30. The average molecular weight is 400 g/mol. The molecule has 0 fully saturated rings. The number of hydrogen-bond acceptors (Lipinski definition) is 4. The number of ether oxygens (including phenoxy) is 1. The van der Waals surface area contributed by atoms with E-state index in [1.807, 2.05) is 0 Å². The van der Waals surface area contributed by atoms with E-state index in [9.17, 15) is 14.7 Å². The van der Waals surface area contributed by atoms with Gasteiger partial charge in [0, 0.05) is 21.7 Å². The van der Waals surface area contributed by atoms with Crippen LogP contribution in [-0.2, 0) is 9.53 Å². The van der Waals surface area contributed by atoms with E-state index in [0.717, 1.165) is 0 Å². The number of carbonyl (C=O) groups excluding carboxylic acids is 2. The number of aromatic nitrogens is 1. The molecular weight excluding hydrogens is 378 g/mol. The van der Waals surface area contributed by atoms with Crippen LogP contribution in [0.25, 0.3) is 10.9 Å². The van der Waals surface area contributed by atoms with Crippen molar-refractivity contribution < 1.29 is 19.4 Å². The van der Waals surface area contributed by atoms with Gasteiger partial charge >= 0.3 is 5.97 Å². The fourth-order valence-electron chi connectivity index (χ4n) is 3.41. The minimum atomic E-state index is -0.592. The molecule has 2 aromatic carbocycles. The van der Waals surface area contributed by atoms with Gasteiger partial charge in [0.1, 0.15) is 5.75 Å². The quantitative estimate of drug-likeness (QED) is 0.623. The van der Waals surface area contributed by atoms with Crippen molar-refractivity contribution in [3.8, 4) is 5.75 Å². The summed E-state index contributed by atoms with van der Waals surface area (Å²) in [4.78, 5) is 25.7. The van der Waals surface area contributed by atoms with Crippen LogP contribution in [0.5, 0.6) is 5.75 Å². The average Bonchev–Trinajstić information content (AvgIpc) is 2.91.